The SMILES string of the molecule is Cc1nccc(C(=O)N2CCC(Cc3nccnc3-c3c(C)noc3C)C2)n1. The van der Waals surface area contributed by atoms with Crippen molar-refractivity contribution in [1.82, 2.24) is 30.0 Å². The summed E-state index contributed by atoms with van der Waals surface area (Å²) in [6.45, 7) is 6.97. The zero-order chi connectivity index (χ0) is 19.7. The molecule has 4 rings (SSSR count). The molecule has 28 heavy (non-hydrogen) atoms. The van der Waals surface area contributed by atoms with Crippen molar-refractivity contribution in [1.29, 1.82) is 0 Å². The molecule has 1 atom stereocenters. The first-order valence-electron chi connectivity index (χ1n) is 9.35. The van der Waals surface area contributed by atoms with Crippen LogP contribution in [0.15, 0.2) is 29.2 Å². The lowest BCUT2D eigenvalue weighted by molar-refractivity contribution is 0.0780. The van der Waals surface area contributed by atoms with Crippen molar-refractivity contribution in [3.05, 3.63) is 53.3 Å². The highest BCUT2D eigenvalue weighted by Gasteiger charge is 2.29. The Kier molecular flexibility index (Phi) is 4.85. The summed E-state index contributed by atoms with van der Waals surface area (Å²) in [5, 5.41) is 4.03. The summed E-state index contributed by atoms with van der Waals surface area (Å²) in [6.07, 6.45) is 6.69. The van der Waals surface area contributed by atoms with E-state index in [0.29, 0.717) is 30.5 Å². The second-order valence-electron chi connectivity index (χ2n) is 7.15. The molecular weight excluding hydrogens is 356 g/mol. The number of rotatable bonds is 4. The van der Waals surface area contributed by atoms with Crippen LogP contribution < -0.4 is 0 Å². The van der Waals surface area contributed by atoms with Gasteiger partial charge in [-0.15, -0.1) is 0 Å². The van der Waals surface area contributed by atoms with Gasteiger partial charge in [-0.3, -0.25) is 14.8 Å². The first kappa shape index (κ1) is 18.2. The molecule has 1 saturated heterocycles. The summed E-state index contributed by atoms with van der Waals surface area (Å²) in [7, 11) is 0. The van der Waals surface area contributed by atoms with E-state index in [1.54, 1.807) is 31.6 Å². The highest BCUT2D eigenvalue weighted by molar-refractivity contribution is 5.92. The van der Waals surface area contributed by atoms with Crippen LogP contribution >= 0.6 is 0 Å². The zero-order valence-corrected chi connectivity index (χ0v) is 16.2. The average Bonchev–Trinajstić information content (AvgIpc) is 3.28. The van der Waals surface area contributed by atoms with Crippen molar-refractivity contribution in [3.63, 3.8) is 0 Å². The van der Waals surface area contributed by atoms with Crippen LogP contribution in [0.3, 0.4) is 0 Å². The Morgan fingerprint density at radius 2 is 2.00 bits per heavy atom. The molecule has 0 spiro atoms. The molecular formula is C20H22N6O2. The van der Waals surface area contributed by atoms with Crippen molar-refractivity contribution < 1.29 is 9.32 Å². The van der Waals surface area contributed by atoms with Gasteiger partial charge in [0.2, 0.25) is 0 Å². The third-order valence-corrected chi connectivity index (χ3v) is 5.09. The number of aromatic nitrogens is 5. The van der Waals surface area contributed by atoms with Gasteiger partial charge in [0.15, 0.2) is 0 Å². The van der Waals surface area contributed by atoms with Crippen LogP contribution in [0.1, 0.15) is 39.9 Å². The minimum Gasteiger partial charge on any atom is -0.361 e. The second-order valence-corrected chi connectivity index (χ2v) is 7.15. The maximum absolute atomic E-state index is 12.7. The molecule has 0 bridgehead atoms. The average molecular weight is 378 g/mol. The summed E-state index contributed by atoms with van der Waals surface area (Å²) in [5.41, 5.74) is 3.89. The smallest absolute Gasteiger partial charge is 0.272 e. The topological polar surface area (TPSA) is 97.9 Å². The van der Waals surface area contributed by atoms with E-state index in [0.717, 1.165) is 41.2 Å². The summed E-state index contributed by atoms with van der Waals surface area (Å²) in [6, 6.07) is 1.67. The van der Waals surface area contributed by atoms with Gasteiger partial charge in [0.1, 0.15) is 17.3 Å². The van der Waals surface area contributed by atoms with Crippen LogP contribution in [0.4, 0.5) is 0 Å². The van der Waals surface area contributed by atoms with Gasteiger partial charge in [0, 0.05) is 31.7 Å². The molecule has 0 N–H and O–H groups in total. The number of likely N-dealkylation sites (tertiary alicyclic amines) is 1. The first-order valence-corrected chi connectivity index (χ1v) is 9.35. The predicted molar refractivity (Wildman–Crippen MR) is 101 cm³/mol. The lowest BCUT2D eigenvalue weighted by Gasteiger charge is -2.16. The molecule has 8 nitrogen and oxygen atoms in total. The molecule has 0 aliphatic carbocycles. The number of aryl methyl sites for hydroxylation is 3. The minimum absolute atomic E-state index is 0.0434. The third kappa shape index (κ3) is 3.49. The van der Waals surface area contributed by atoms with Crippen LogP contribution in [-0.4, -0.2) is 49.0 Å². The molecule has 0 radical (unpaired) electrons. The van der Waals surface area contributed by atoms with Crippen molar-refractivity contribution in [2.75, 3.05) is 13.1 Å². The fourth-order valence-corrected chi connectivity index (χ4v) is 3.74. The molecule has 1 fully saturated rings. The number of hydrogen-bond donors (Lipinski definition) is 0. The lowest BCUT2D eigenvalue weighted by atomic mass is 9.98. The quantitative estimate of drug-likeness (QED) is 0.688. The fraction of sp³-hybridized carbons (Fsp3) is 0.400. The van der Waals surface area contributed by atoms with Crippen LogP contribution in [0, 0.1) is 26.7 Å². The van der Waals surface area contributed by atoms with Gasteiger partial charge in [-0.2, -0.15) is 0 Å². The number of nitrogens with zero attached hydrogens (tertiary/aromatic N) is 6. The number of amides is 1. The maximum Gasteiger partial charge on any atom is 0.272 e. The van der Waals surface area contributed by atoms with E-state index < -0.39 is 0 Å². The van der Waals surface area contributed by atoms with Gasteiger partial charge in [-0.1, -0.05) is 5.16 Å². The molecule has 144 valence electrons. The van der Waals surface area contributed by atoms with E-state index >= 15 is 0 Å². The minimum atomic E-state index is -0.0434. The van der Waals surface area contributed by atoms with E-state index in [-0.39, 0.29) is 5.91 Å². The van der Waals surface area contributed by atoms with E-state index in [2.05, 4.69) is 25.1 Å². The monoisotopic (exact) mass is 378 g/mol. The molecule has 3 aromatic rings. The Hall–Kier alpha value is -3.16. The van der Waals surface area contributed by atoms with Gasteiger partial charge in [0.25, 0.3) is 5.91 Å². The van der Waals surface area contributed by atoms with Crippen LogP contribution in [-0.2, 0) is 6.42 Å². The Morgan fingerprint density at radius 1 is 1.18 bits per heavy atom. The Morgan fingerprint density at radius 3 is 2.75 bits per heavy atom. The zero-order valence-electron chi connectivity index (χ0n) is 16.2. The number of hydrogen-bond acceptors (Lipinski definition) is 7. The highest BCUT2D eigenvalue weighted by Crippen LogP contribution is 2.30. The van der Waals surface area contributed by atoms with Gasteiger partial charge in [0.05, 0.1) is 22.6 Å². The van der Waals surface area contributed by atoms with Crippen LogP contribution in [0.25, 0.3) is 11.3 Å². The predicted octanol–water partition coefficient (Wildman–Crippen LogP) is 2.55. The fourth-order valence-electron chi connectivity index (χ4n) is 3.74. The summed E-state index contributed by atoms with van der Waals surface area (Å²) < 4.78 is 5.30. The highest BCUT2D eigenvalue weighted by atomic mass is 16.5. The van der Waals surface area contributed by atoms with Crippen molar-refractivity contribution in [2.45, 2.75) is 33.6 Å². The molecule has 1 unspecified atom stereocenters. The molecule has 1 amide bonds. The first-order chi connectivity index (χ1) is 13.5. The van der Waals surface area contributed by atoms with Crippen molar-refractivity contribution in [3.8, 4) is 11.3 Å². The third-order valence-electron chi connectivity index (χ3n) is 5.09. The molecule has 3 aromatic heterocycles. The Bertz CT molecular complexity index is 996. The largest absolute Gasteiger partial charge is 0.361 e. The van der Waals surface area contributed by atoms with Crippen LogP contribution in [0.2, 0.25) is 0 Å². The van der Waals surface area contributed by atoms with Gasteiger partial charge < -0.3 is 9.42 Å². The molecule has 0 saturated carbocycles. The van der Waals surface area contributed by atoms with Gasteiger partial charge in [-0.25, -0.2) is 9.97 Å². The van der Waals surface area contributed by atoms with Crippen molar-refractivity contribution >= 4 is 5.91 Å². The second kappa shape index (κ2) is 7.46. The van der Waals surface area contributed by atoms with Gasteiger partial charge >= 0.3 is 0 Å². The lowest BCUT2D eigenvalue weighted by Crippen LogP contribution is -2.30. The van der Waals surface area contributed by atoms with E-state index in [4.69, 9.17) is 4.52 Å². The molecule has 1 aliphatic rings. The molecule has 1 aliphatic heterocycles. The van der Waals surface area contributed by atoms with Crippen LogP contribution in [0.5, 0.6) is 0 Å². The molecule has 0 aromatic carbocycles. The Balaban J connectivity index is 1.50. The maximum atomic E-state index is 12.7. The summed E-state index contributed by atoms with van der Waals surface area (Å²) in [5.74, 6) is 1.62. The Labute approximate surface area is 163 Å². The standard InChI is InChI=1S/C20H22N6O2/c1-12-18(13(2)28-25-12)19-17(22-7-8-23-19)10-15-5-9-26(11-15)20(27)16-4-6-21-14(3)24-16/h4,6-8,15H,5,9-11H2,1-3H3. The van der Waals surface area contributed by atoms with E-state index in [9.17, 15) is 4.79 Å². The normalized spacial score (nSPS) is 16.5. The molecule has 8 heteroatoms. The van der Waals surface area contributed by atoms with E-state index in [1.807, 2.05) is 18.7 Å². The summed E-state index contributed by atoms with van der Waals surface area (Å²) in [4.78, 5) is 32.0. The number of carbonyl (C=O) groups is 1. The van der Waals surface area contributed by atoms with E-state index in [1.165, 1.54) is 0 Å². The summed E-state index contributed by atoms with van der Waals surface area (Å²) >= 11 is 0. The van der Waals surface area contributed by atoms with Gasteiger partial charge in [-0.05, 0) is 45.6 Å². The van der Waals surface area contributed by atoms with Crippen molar-refractivity contribution in [2.24, 2.45) is 5.92 Å². The number of carbonyl (C=O) groups excluding carboxylic acids is 1. The molecule has 4 heterocycles.